The lowest BCUT2D eigenvalue weighted by Crippen LogP contribution is -2.27. The fraction of sp³-hybridized carbons (Fsp3) is 0.273. The monoisotopic (exact) mass is 342 g/mol. The number of hydrogen-bond donors (Lipinski definition) is 0. The van der Waals surface area contributed by atoms with Gasteiger partial charge in [0.2, 0.25) is 5.95 Å². The highest BCUT2D eigenvalue weighted by atomic mass is 15.3. The Hall–Kier alpha value is -2.88. The zero-order chi connectivity index (χ0) is 17.7. The highest BCUT2D eigenvalue weighted by Crippen LogP contribution is 2.39. The third kappa shape index (κ3) is 2.37. The van der Waals surface area contributed by atoms with Gasteiger partial charge in [-0.2, -0.15) is 4.98 Å². The van der Waals surface area contributed by atoms with Gasteiger partial charge in [0, 0.05) is 35.7 Å². The molecule has 4 heteroatoms. The molecule has 3 aromatic rings. The van der Waals surface area contributed by atoms with Crippen molar-refractivity contribution < 1.29 is 0 Å². The van der Waals surface area contributed by atoms with Crippen LogP contribution in [0.25, 0.3) is 0 Å². The first-order valence-electron chi connectivity index (χ1n) is 9.29. The van der Waals surface area contributed by atoms with E-state index in [2.05, 4.69) is 78.2 Å². The summed E-state index contributed by atoms with van der Waals surface area (Å²) in [6.07, 6.45) is 2.10. The largest absolute Gasteiger partial charge is 0.326 e. The van der Waals surface area contributed by atoms with Crippen molar-refractivity contribution in [1.29, 1.82) is 0 Å². The van der Waals surface area contributed by atoms with Crippen LogP contribution >= 0.6 is 0 Å². The molecule has 0 bridgehead atoms. The van der Waals surface area contributed by atoms with E-state index in [-0.39, 0.29) is 0 Å². The van der Waals surface area contributed by atoms with Gasteiger partial charge in [-0.25, -0.2) is 4.98 Å². The molecule has 2 aromatic carbocycles. The van der Waals surface area contributed by atoms with Gasteiger partial charge >= 0.3 is 0 Å². The first-order chi connectivity index (χ1) is 12.7. The molecule has 0 amide bonds. The van der Waals surface area contributed by atoms with Crippen molar-refractivity contribution in [2.45, 2.75) is 32.7 Å². The third-order valence-electron chi connectivity index (χ3n) is 5.42. The molecule has 3 heterocycles. The molecule has 0 spiro atoms. The average molecular weight is 342 g/mol. The number of aryl methyl sites for hydroxylation is 1. The molecule has 0 radical (unpaired) electrons. The molecule has 0 fully saturated rings. The van der Waals surface area contributed by atoms with Crippen LogP contribution in [-0.4, -0.2) is 22.6 Å². The quantitative estimate of drug-likeness (QED) is 0.683. The van der Waals surface area contributed by atoms with Gasteiger partial charge in [-0.3, -0.25) is 0 Å². The van der Waals surface area contributed by atoms with Crippen LogP contribution < -0.4 is 9.80 Å². The molecule has 1 aromatic heterocycles. The Morgan fingerprint density at radius 2 is 1.65 bits per heavy atom. The Bertz CT molecular complexity index is 981. The Morgan fingerprint density at radius 1 is 0.923 bits per heavy atom. The van der Waals surface area contributed by atoms with Gasteiger partial charge in [-0.15, -0.1) is 0 Å². The number of benzene rings is 2. The van der Waals surface area contributed by atoms with Crippen LogP contribution in [0.3, 0.4) is 0 Å². The number of aromatic nitrogens is 2. The molecule has 2 aliphatic rings. The van der Waals surface area contributed by atoms with Crippen LogP contribution in [0.1, 0.15) is 23.7 Å². The summed E-state index contributed by atoms with van der Waals surface area (Å²) in [7, 11) is 0. The summed E-state index contributed by atoms with van der Waals surface area (Å²) in [5.74, 6) is 1.80. The Kier molecular flexibility index (Phi) is 3.45. The lowest BCUT2D eigenvalue weighted by atomic mass is 10.1. The van der Waals surface area contributed by atoms with Crippen LogP contribution in [-0.2, 0) is 12.8 Å². The van der Waals surface area contributed by atoms with E-state index < -0.39 is 0 Å². The van der Waals surface area contributed by atoms with Gasteiger partial charge in [-0.05, 0) is 49.9 Å². The zero-order valence-electron chi connectivity index (χ0n) is 15.2. The van der Waals surface area contributed by atoms with Crippen molar-refractivity contribution in [2.24, 2.45) is 0 Å². The van der Waals surface area contributed by atoms with Crippen molar-refractivity contribution in [3.05, 3.63) is 71.4 Å². The summed E-state index contributed by atoms with van der Waals surface area (Å²) in [4.78, 5) is 14.4. The SMILES string of the molecule is Cc1cc(N2CCc3ccccc32)nc(N2c3ccccc3CC2C)n1. The minimum absolute atomic E-state index is 0.368. The third-order valence-corrected chi connectivity index (χ3v) is 5.42. The van der Waals surface area contributed by atoms with Crippen LogP contribution in [0.4, 0.5) is 23.1 Å². The minimum atomic E-state index is 0.368. The molecule has 1 atom stereocenters. The highest BCUT2D eigenvalue weighted by Gasteiger charge is 2.30. The Labute approximate surface area is 154 Å². The summed E-state index contributed by atoms with van der Waals surface area (Å²) in [6, 6.07) is 19.7. The van der Waals surface area contributed by atoms with Gasteiger partial charge < -0.3 is 9.80 Å². The zero-order valence-corrected chi connectivity index (χ0v) is 15.2. The molecule has 4 nitrogen and oxygen atoms in total. The standard InChI is InChI=1S/C22H22N4/c1-15-13-21(25-12-11-17-7-3-5-9-19(17)25)24-22(23-15)26-16(2)14-18-8-4-6-10-20(18)26/h3-10,13,16H,11-12,14H2,1-2H3. The molecule has 0 N–H and O–H groups in total. The summed E-state index contributed by atoms with van der Waals surface area (Å²) in [6.45, 7) is 5.28. The smallest absolute Gasteiger partial charge is 0.232 e. The molecule has 130 valence electrons. The predicted molar refractivity (Wildman–Crippen MR) is 106 cm³/mol. The highest BCUT2D eigenvalue weighted by molar-refractivity contribution is 5.71. The van der Waals surface area contributed by atoms with Crippen molar-refractivity contribution in [3.8, 4) is 0 Å². The van der Waals surface area contributed by atoms with Crippen molar-refractivity contribution in [3.63, 3.8) is 0 Å². The number of hydrogen-bond acceptors (Lipinski definition) is 4. The van der Waals surface area contributed by atoms with E-state index in [0.717, 1.165) is 36.8 Å². The fourth-order valence-corrected chi connectivity index (χ4v) is 4.23. The lowest BCUT2D eigenvalue weighted by molar-refractivity contribution is 0.737. The second-order valence-electron chi connectivity index (χ2n) is 7.25. The lowest BCUT2D eigenvalue weighted by Gasteiger charge is -2.25. The van der Waals surface area contributed by atoms with Crippen molar-refractivity contribution in [1.82, 2.24) is 9.97 Å². The summed E-state index contributed by atoms with van der Waals surface area (Å²) >= 11 is 0. The van der Waals surface area contributed by atoms with Gasteiger partial charge in [0.15, 0.2) is 0 Å². The number of fused-ring (bicyclic) bond motifs is 2. The van der Waals surface area contributed by atoms with Gasteiger partial charge in [0.05, 0.1) is 0 Å². The maximum Gasteiger partial charge on any atom is 0.232 e. The van der Waals surface area contributed by atoms with Crippen LogP contribution in [0.5, 0.6) is 0 Å². The second kappa shape index (κ2) is 5.84. The minimum Gasteiger partial charge on any atom is -0.326 e. The van der Waals surface area contributed by atoms with E-state index in [1.807, 2.05) is 0 Å². The van der Waals surface area contributed by atoms with E-state index >= 15 is 0 Å². The summed E-state index contributed by atoms with van der Waals surface area (Å²) in [5.41, 5.74) is 6.28. The Morgan fingerprint density at radius 3 is 2.50 bits per heavy atom. The fourth-order valence-electron chi connectivity index (χ4n) is 4.23. The first kappa shape index (κ1) is 15.4. The topological polar surface area (TPSA) is 32.3 Å². The Balaban J connectivity index is 1.59. The molecule has 2 aliphatic heterocycles. The molecular formula is C22H22N4. The predicted octanol–water partition coefficient (Wildman–Crippen LogP) is 4.56. The molecular weight excluding hydrogens is 320 g/mol. The molecule has 1 unspecified atom stereocenters. The van der Waals surface area contributed by atoms with Crippen LogP contribution in [0.15, 0.2) is 54.6 Å². The number of para-hydroxylation sites is 2. The summed E-state index contributed by atoms with van der Waals surface area (Å²) < 4.78 is 0. The normalized spacial score (nSPS) is 18.2. The average Bonchev–Trinajstić information content (AvgIpc) is 3.21. The van der Waals surface area contributed by atoms with Crippen LogP contribution in [0, 0.1) is 6.92 Å². The van der Waals surface area contributed by atoms with E-state index in [0.29, 0.717) is 6.04 Å². The van der Waals surface area contributed by atoms with Crippen molar-refractivity contribution in [2.75, 3.05) is 16.3 Å². The van der Waals surface area contributed by atoms with E-state index in [1.54, 1.807) is 0 Å². The summed E-state index contributed by atoms with van der Waals surface area (Å²) in [5, 5.41) is 0. The van der Waals surface area contributed by atoms with Crippen molar-refractivity contribution >= 4 is 23.1 Å². The van der Waals surface area contributed by atoms with E-state index in [1.165, 1.54) is 22.5 Å². The number of nitrogens with zero attached hydrogens (tertiary/aromatic N) is 4. The maximum absolute atomic E-state index is 4.99. The molecule has 0 aliphatic carbocycles. The van der Waals surface area contributed by atoms with E-state index in [4.69, 9.17) is 9.97 Å². The molecule has 26 heavy (non-hydrogen) atoms. The first-order valence-corrected chi connectivity index (χ1v) is 9.29. The van der Waals surface area contributed by atoms with Gasteiger partial charge in [0.1, 0.15) is 5.82 Å². The molecule has 0 saturated heterocycles. The second-order valence-corrected chi connectivity index (χ2v) is 7.25. The van der Waals surface area contributed by atoms with Gasteiger partial charge in [-0.1, -0.05) is 36.4 Å². The molecule has 5 rings (SSSR count). The number of rotatable bonds is 2. The molecule has 0 saturated carbocycles. The van der Waals surface area contributed by atoms with E-state index in [9.17, 15) is 0 Å². The maximum atomic E-state index is 4.99. The number of anilines is 4. The van der Waals surface area contributed by atoms with Gasteiger partial charge in [0.25, 0.3) is 0 Å². The van der Waals surface area contributed by atoms with Crippen LogP contribution in [0.2, 0.25) is 0 Å².